The normalized spacial score (nSPS) is 23.2. The van der Waals surface area contributed by atoms with Crippen LogP contribution < -0.4 is 5.32 Å². The van der Waals surface area contributed by atoms with Crippen molar-refractivity contribution in [2.45, 2.75) is 25.9 Å². The third kappa shape index (κ3) is 3.08. The summed E-state index contributed by atoms with van der Waals surface area (Å²) in [6, 6.07) is 6.34. The molecule has 2 unspecified atom stereocenters. The number of non-ortho nitro benzene ring substituents is 1. The van der Waals surface area contributed by atoms with Crippen LogP contribution in [0.5, 0.6) is 0 Å². The summed E-state index contributed by atoms with van der Waals surface area (Å²) in [6.45, 7) is 5.27. The van der Waals surface area contributed by atoms with E-state index in [1.807, 2.05) is 13.8 Å². The Morgan fingerprint density at radius 3 is 2.58 bits per heavy atom. The highest BCUT2D eigenvalue weighted by atomic mass is 16.6. The average molecular weight is 263 g/mol. The minimum atomic E-state index is -0.486. The van der Waals surface area contributed by atoms with Gasteiger partial charge in [0.05, 0.1) is 4.92 Å². The molecule has 1 N–H and O–H groups in total. The summed E-state index contributed by atoms with van der Waals surface area (Å²) in [5.74, 6) is -0.149. The Labute approximate surface area is 111 Å². The lowest BCUT2D eigenvalue weighted by molar-refractivity contribution is -0.384. The quantitative estimate of drug-likeness (QED) is 0.646. The summed E-state index contributed by atoms with van der Waals surface area (Å²) in [5.41, 5.74) is 0.317. The zero-order chi connectivity index (χ0) is 14.0. The molecular formula is C13H17N3O3. The monoisotopic (exact) mass is 263 g/mol. The fourth-order valence-electron chi connectivity index (χ4n) is 2.43. The Balaban J connectivity index is 2.19. The number of amides is 1. The number of benzene rings is 1. The predicted octanol–water partition coefficient (Wildman–Crippen LogP) is 1.42. The largest absolute Gasteiger partial charge is 0.336 e. The van der Waals surface area contributed by atoms with E-state index >= 15 is 0 Å². The van der Waals surface area contributed by atoms with Crippen molar-refractivity contribution in [3.8, 4) is 0 Å². The fourth-order valence-corrected chi connectivity index (χ4v) is 2.43. The zero-order valence-electron chi connectivity index (χ0n) is 11.0. The van der Waals surface area contributed by atoms with Gasteiger partial charge >= 0.3 is 0 Å². The highest BCUT2D eigenvalue weighted by molar-refractivity contribution is 5.95. The number of nitro benzene ring substituents is 1. The SMILES string of the molecule is CC1CN(C(=O)c2cccc([N+](=O)[O-])c2)CC(C)N1. The van der Waals surface area contributed by atoms with Crippen LogP contribution in [0.3, 0.4) is 0 Å². The van der Waals surface area contributed by atoms with E-state index < -0.39 is 4.92 Å². The molecule has 1 aliphatic rings. The standard InChI is InChI=1S/C13H17N3O3/c1-9-7-15(8-10(2)14-9)13(17)11-4-3-5-12(6-11)16(18)19/h3-6,9-10,14H,7-8H2,1-2H3. The number of carbonyl (C=O) groups is 1. The van der Waals surface area contributed by atoms with Crippen LogP contribution in [0.1, 0.15) is 24.2 Å². The molecule has 19 heavy (non-hydrogen) atoms. The van der Waals surface area contributed by atoms with Crippen LogP contribution in [0, 0.1) is 10.1 Å². The van der Waals surface area contributed by atoms with Crippen LogP contribution in [-0.4, -0.2) is 40.9 Å². The van der Waals surface area contributed by atoms with Crippen molar-refractivity contribution < 1.29 is 9.72 Å². The summed E-state index contributed by atoms with van der Waals surface area (Å²) in [4.78, 5) is 24.3. The molecule has 0 spiro atoms. The molecule has 0 aliphatic carbocycles. The molecule has 1 heterocycles. The molecule has 0 aromatic heterocycles. The van der Waals surface area contributed by atoms with Gasteiger partial charge in [0, 0.05) is 42.9 Å². The fraction of sp³-hybridized carbons (Fsp3) is 0.462. The number of nitro groups is 1. The first-order chi connectivity index (χ1) is 8.97. The molecule has 1 aromatic carbocycles. The molecule has 1 aromatic rings. The van der Waals surface area contributed by atoms with E-state index in [0.717, 1.165) is 0 Å². The molecule has 1 aliphatic heterocycles. The minimum absolute atomic E-state index is 0.0536. The van der Waals surface area contributed by atoms with Crippen LogP contribution in [0.2, 0.25) is 0 Å². The topological polar surface area (TPSA) is 75.5 Å². The van der Waals surface area contributed by atoms with Gasteiger partial charge in [0.1, 0.15) is 0 Å². The molecule has 2 rings (SSSR count). The average Bonchev–Trinajstić information content (AvgIpc) is 2.37. The van der Waals surface area contributed by atoms with Crippen molar-refractivity contribution in [1.29, 1.82) is 0 Å². The van der Waals surface area contributed by atoms with Crippen LogP contribution in [0.4, 0.5) is 5.69 Å². The van der Waals surface area contributed by atoms with Crippen LogP contribution >= 0.6 is 0 Å². The van der Waals surface area contributed by atoms with Gasteiger partial charge in [0.15, 0.2) is 0 Å². The number of nitrogens with zero attached hydrogens (tertiary/aromatic N) is 2. The molecule has 6 nitrogen and oxygen atoms in total. The van der Waals surface area contributed by atoms with Crippen LogP contribution in [-0.2, 0) is 0 Å². The van der Waals surface area contributed by atoms with Gasteiger partial charge in [-0.1, -0.05) is 6.07 Å². The number of nitrogens with one attached hydrogen (secondary N) is 1. The second-order valence-electron chi connectivity index (χ2n) is 4.99. The van der Waals surface area contributed by atoms with E-state index in [4.69, 9.17) is 0 Å². The van der Waals surface area contributed by atoms with E-state index in [9.17, 15) is 14.9 Å². The van der Waals surface area contributed by atoms with Gasteiger partial charge in [0.2, 0.25) is 0 Å². The Morgan fingerprint density at radius 1 is 1.37 bits per heavy atom. The van der Waals surface area contributed by atoms with Gasteiger partial charge < -0.3 is 10.2 Å². The third-order valence-electron chi connectivity index (χ3n) is 3.15. The lowest BCUT2D eigenvalue weighted by atomic mass is 10.1. The molecule has 0 radical (unpaired) electrons. The summed E-state index contributed by atoms with van der Waals surface area (Å²) in [6.07, 6.45) is 0. The minimum Gasteiger partial charge on any atom is -0.336 e. The van der Waals surface area contributed by atoms with E-state index in [-0.39, 0.29) is 23.7 Å². The van der Waals surface area contributed by atoms with Gasteiger partial charge in [-0.2, -0.15) is 0 Å². The Bertz CT molecular complexity index is 494. The second-order valence-corrected chi connectivity index (χ2v) is 4.99. The van der Waals surface area contributed by atoms with Crippen molar-refractivity contribution in [1.82, 2.24) is 10.2 Å². The number of rotatable bonds is 2. The first-order valence-electron chi connectivity index (χ1n) is 6.27. The lowest BCUT2D eigenvalue weighted by Crippen LogP contribution is -2.55. The molecule has 6 heteroatoms. The molecule has 102 valence electrons. The lowest BCUT2D eigenvalue weighted by Gasteiger charge is -2.36. The Hall–Kier alpha value is -1.95. The first kappa shape index (κ1) is 13.5. The molecule has 2 atom stereocenters. The number of hydrogen-bond acceptors (Lipinski definition) is 4. The van der Waals surface area contributed by atoms with Crippen molar-refractivity contribution in [3.05, 3.63) is 39.9 Å². The Morgan fingerprint density at radius 2 is 2.00 bits per heavy atom. The van der Waals surface area contributed by atoms with Gasteiger partial charge in [-0.15, -0.1) is 0 Å². The maximum Gasteiger partial charge on any atom is 0.270 e. The van der Waals surface area contributed by atoms with Crippen molar-refractivity contribution in [3.63, 3.8) is 0 Å². The smallest absolute Gasteiger partial charge is 0.270 e. The third-order valence-corrected chi connectivity index (χ3v) is 3.15. The molecule has 1 amide bonds. The molecule has 1 saturated heterocycles. The summed E-state index contributed by atoms with van der Waals surface area (Å²) in [5, 5.41) is 14.1. The van der Waals surface area contributed by atoms with Crippen molar-refractivity contribution in [2.75, 3.05) is 13.1 Å². The molecule has 0 saturated carbocycles. The maximum atomic E-state index is 12.3. The van der Waals surface area contributed by atoms with Crippen molar-refractivity contribution in [2.24, 2.45) is 0 Å². The maximum absolute atomic E-state index is 12.3. The highest BCUT2D eigenvalue weighted by Gasteiger charge is 2.26. The highest BCUT2D eigenvalue weighted by Crippen LogP contribution is 2.16. The molecular weight excluding hydrogens is 246 g/mol. The number of carbonyl (C=O) groups excluding carboxylic acids is 1. The van der Waals surface area contributed by atoms with E-state index in [1.165, 1.54) is 12.1 Å². The van der Waals surface area contributed by atoms with Gasteiger partial charge in [-0.25, -0.2) is 0 Å². The van der Waals surface area contributed by atoms with Crippen molar-refractivity contribution >= 4 is 11.6 Å². The van der Waals surface area contributed by atoms with Gasteiger partial charge in [-0.05, 0) is 19.9 Å². The van der Waals surface area contributed by atoms with E-state index in [2.05, 4.69) is 5.32 Å². The predicted molar refractivity (Wildman–Crippen MR) is 71.1 cm³/mol. The first-order valence-corrected chi connectivity index (χ1v) is 6.27. The van der Waals surface area contributed by atoms with Crippen LogP contribution in [0.25, 0.3) is 0 Å². The van der Waals surface area contributed by atoms with E-state index in [0.29, 0.717) is 18.7 Å². The summed E-state index contributed by atoms with van der Waals surface area (Å²) < 4.78 is 0. The van der Waals surface area contributed by atoms with Gasteiger partial charge in [-0.3, -0.25) is 14.9 Å². The Kier molecular flexibility index (Phi) is 3.80. The number of hydrogen-bond donors (Lipinski definition) is 1. The number of piperazine rings is 1. The summed E-state index contributed by atoms with van der Waals surface area (Å²) in [7, 11) is 0. The zero-order valence-corrected chi connectivity index (χ0v) is 11.0. The molecule has 0 bridgehead atoms. The van der Waals surface area contributed by atoms with E-state index in [1.54, 1.807) is 17.0 Å². The molecule has 1 fully saturated rings. The second kappa shape index (κ2) is 5.36. The van der Waals surface area contributed by atoms with Crippen LogP contribution in [0.15, 0.2) is 24.3 Å². The summed E-state index contributed by atoms with van der Waals surface area (Å²) >= 11 is 0. The van der Waals surface area contributed by atoms with Gasteiger partial charge in [0.25, 0.3) is 11.6 Å².